The minimum absolute atomic E-state index is 0.149. The van der Waals surface area contributed by atoms with Crippen molar-refractivity contribution in [3.8, 4) is 12.3 Å². The van der Waals surface area contributed by atoms with E-state index in [1.54, 1.807) is 10.8 Å². The van der Waals surface area contributed by atoms with Crippen LogP contribution in [-0.2, 0) is 19.9 Å². The van der Waals surface area contributed by atoms with Crippen molar-refractivity contribution in [2.24, 2.45) is 0 Å². The second kappa shape index (κ2) is 2.74. The summed E-state index contributed by atoms with van der Waals surface area (Å²) in [6.45, 7) is 0. The lowest BCUT2D eigenvalue weighted by molar-refractivity contribution is 0.746. The average molecular weight is 175 g/mol. The zero-order valence-corrected chi connectivity index (χ0v) is 7.28. The van der Waals surface area contributed by atoms with Gasteiger partial charge in [0.15, 0.2) is 0 Å². The molecule has 1 atom stereocenters. The Morgan fingerprint density at radius 3 is 2.89 bits per heavy atom. The smallest absolute Gasteiger partial charge is 0.105 e. The van der Waals surface area contributed by atoms with Gasteiger partial charge in [-0.1, -0.05) is 5.92 Å². The highest BCUT2D eigenvalue weighted by Gasteiger charge is 2.12. The first-order valence-corrected chi connectivity index (χ1v) is 5.75. The lowest BCUT2D eigenvalue weighted by Gasteiger charge is -2.09. The molecule has 0 aromatic rings. The van der Waals surface area contributed by atoms with E-state index in [0.717, 1.165) is 5.70 Å². The van der Waals surface area contributed by atoms with Crippen LogP contribution in [0.1, 0.15) is 0 Å². The van der Waals surface area contributed by atoms with E-state index in [-0.39, 0.29) is 8.67 Å². The van der Waals surface area contributed by atoms with Crippen molar-refractivity contribution in [2.75, 3.05) is 7.05 Å². The van der Waals surface area contributed by atoms with E-state index in [2.05, 4.69) is 5.92 Å². The molecule has 0 spiro atoms. The summed E-state index contributed by atoms with van der Waals surface area (Å²) in [4.78, 5) is 0. The summed E-state index contributed by atoms with van der Waals surface area (Å²) in [6, 6.07) is 0. The fourth-order valence-electron chi connectivity index (χ4n) is 0.431. The maximum Gasteiger partial charge on any atom is 0.105 e. The van der Waals surface area contributed by atoms with E-state index < -0.39 is 0 Å². The highest BCUT2D eigenvalue weighted by molar-refractivity contribution is 8.83. The Kier molecular flexibility index (Phi) is 2.17. The molecule has 1 nitrogen and oxygen atoms in total. The number of hydrogen-bond donors (Lipinski definition) is 0. The van der Waals surface area contributed by atoms with Crippen LogP contribution in [0, 0.1) is 12.3 Å². The van der Waals surface area contributed by atoms with Crippen molar-refractivity contribution in [3.63, 3.8) is 0 Å². The molecule has 4 heteroatoms. The van der Waals surface area contributed by atoms with Gasteiger partial charge in [0.25, 0.3) is 0 Å². The van der Waals surface area contributed by atoms with E-state index in [1.807, 2.05) is 16.8 Å². The van der Waals surface area contributed by atoms with Crippen LogP contribution in [0.15, 0.2) is 11.1 Å². The van der Waals surface area contributed by atoms with Crippen LogP contribution in [0.4, 0.5) is 0 Å². The van der Waals surface area contributed by atoms with E-state index >= 15 is 0 Å². The van der Waals surface area contributed by atoms with Crippen molar-refractivity contribution >= 4 is 30.7 Å². The third-order valence-electron chi connectivity index (χ3n) is 0.953. The van der Waals surface area contributed by atoms with Crippen molar-refractivity contribution < 1.29 is 0 Å². The molecule has 0 N–H and O–H groups in total. The van der Waals surface area contributed by atoms with Gasteiger partial charge in [-0.05, 0) is 22.0 Å². The molecular formula is C5H5NS3. The van der Waals surface area contributed by atoms with Crippen LogP contribution in [0.2, 0.25) is 0 Å². The summed E-state index contributed by atoms with van der Waals surface area (Å²) < 4.78 is 1.93. The third-order valence-corrected chi connectivity index (χ3v) is 4.91. The van der Waals surface area contributed by atoms with Crippen LogP contribution in [0.25, 0.3) is 0 Å². The van der Waals surface area contributed by atoms with Gasteiger partial charge in [0.2, 0.25) is 0 Å². The highest BCUT2D eigenvalue weighted by atomic mass is 33.3. The van der Waals surface area contributed by atoms with Crippen molar-refractivity contribution in [2.45, 2.75) is 0 Å². The average Bonchev–Trinajstić information content (AvgIpc) is 2.15. The molecule has 0 saturated heterocycles. The van der Waals surface area contributed by atoms with E-state index in [1.165, 1.54) is 0 Å². The SMILES string of the molecule is C#CC1=CSS(=S)N1C. The molecule has 1 aliphatic rings. The Hall–Kier alpha value is 0.0200. The molecule has 0 saturated carbocycles. The molecule has 1 heterocycles. The molecule has 1 unspecified atom stereocenters. The molecule has 0 amide bonds. The summed E-state index contributed by atoms with van der Waals surface area (Å²) >= 11 is 5.04. The molecule has 0 aromatic heterocycles. The largest absolute Gasteiger partial charge is 0.300 e. The molecule has 1 aliphatic heterocycles. The minimum Gasteiger partial charge on any atom is -0.300 e. The van der Waals surface area contributed by atoms with Crippen LogP contribution in [0.3, 0.4) is 0 Å². The quantitative estimate of drug-likeness (QED) is 0.400. The van der Waals surface area contributed by atoms with E-state index in [4.69, 9.17) is 17.6 Å². The van der Waals surface area contributed by atoms with Gasteiger partial charge in [-0.25, -0.2) is 0 Å². The van der Waals surface area contributed by atoms with Crippen molar-refractivity contribution in [1.29, 1.82) is 0 Å². The zero-order valence-electron chi connectivity index (χ0n) is 4.83. The number of hydrogen-bond acceptors (Lipinski definition) is 2. The van der Waals surface area contributed by atoms with Gasteiger partial charge in [0.05, 0.1) is 0 Å². The van der Waals surface area contributed by atoms with Gasteiger partial charge in [0.1, 0.15) is 5.70 Å². The molecular weight excluding hydrogens is 170 g/mol. The van der Waals surface area contributed by atoms with Crippen LogP contribution in [-0.4, -0.2) is 11.4 Å². The Labute approximate surface area is 65.6 Å². The molecule has 48 valence electrons. The standard InChI is InChI=1S/C5H5NS3/c1-3-5-4-8-9(7)6(5)2/h1,4H,2H3. The Bertz CT molecular complexity index is 213. The second-order valence-corrected chi connectivity index (χ2v) is 5.97. The minimum atomic E-state index is -0.149. The van der Waals surface area contributed by atoms with E-state index in [9.17, 15) is 0 Å². The van der Waals surface area contributed by atoms with E-state index in [0.29, 0.717) is 0 Å². The van der Waals surface area contributed by atoms with Crippen LogP contribution in [0.5, 0.6) is 0 Å². The number of nitrogens with zero attached hydrogens (tertiary/aromatic N) is 1. The van der Waals surface area contributed by atoms with Gasteiger partial charge in [-0.3, -0.25) is 0 Å². The maximum absolute atomic E-state index is 5.17. The van der Waals surface area contributed by atoms with Gasteiger partial charge >= 0.3 is 0 Å². The van der Waals surface area contributed by atoms with Crippen molar-refractivity contribution in [3.05, 3.63) is 11.1 Å². The topological polar surface area (TPSA) is 3.24 Å². The fraction of sp³-hybridized carbons (Fsp3) is 0.200. The summed E-state index contributed by atoms with van der Waals surface area (Å²) in [7, 11) is 3.37. The first-order chi connectivity index (χ1) is 4.25. The predicted octanol–water partition coefficient (Wildman–Crippen LogP) is 1.05. The molecule has 0 fully saturated rings. The second-order valence-electron chi connectivity index (χ2n) is 1.46. The maximum atomic E-state index is 5.17. The highest BCUT2D eigenvalue weighted by Crippen LogP contribution is 2.26. The third kappa shape index (κ3) is 1.29. The Morgan fingerprint density at radius 1 is 2.00 bits per heavy atom. The summed E-state index contributed by atoms with van der Waals surface area (Å²) in [5, 5.41) is 1.93. The fourth-order valence-corrected chi connectivity index (χ4v) is 3.04. The number of rotatable bonds is 0. The predicted molar refractivity (Wildman–Crippen MR) is 47.0 cm³/mol. The van der Waals surface area contributed by atoms with Gasteiger partial charge in [0, 0.05) is 21.1 Å². The molecule has 0 aromatic carbocycles. The molecule has 1 rings (SSSR count). The van der Waals surface area contributed by atoms with Gasteiger partial charge < -0.3 is 4.31 Å². The normalized spacial score (nSPS) is 25.6. The van der Waals surface area contributed by atoms with Crippen molar-refractivity contribution in [1.82, 2.24) is 4.31 Å². The lowest BCUT2D eigenvalue weighted by atomic mass is 10.5. The monoisotopic (exact) mass is 175 g/mol. The first-order valence-electron chi connectivity index (χ1n) is 2.25. The summed E-state index contributed by atoms with van der Waals surface area (Å²) in [5.74, 6) is 2.55. The molecule has 0 aliphatic carbocycles. The lowest BCUT2D eigenvalue weighted by Crippen LogP contribution is -2.10. The summed E-state index contributed by atoms with van der Waals surface area (Å²) in [5.41, 5.74) is 0.901. The molecule has 0 radical (unpaired) electrons. The van der Waals surface area contributed by atoms with Gasteiger partial charge in [-0.2, -0.15) is 0 Å². The first kappa shape index (κ1) is 7.13. The Balaban J connectivity index is 2.81. The Morgan fingerprint density at radius 2 is 2.67 bits per heavy atom. The number of terminal acetylenes is 1. The molecule has 9 heavy (non-hydrogen) atoms. The summed E-state index contributed by atoms with van der Waals surface area (Å²) in [6.07, 6.45) is 5.17. The van der Waals surface area contributed by atoms with Crippen LogP contribution < -0.4 is 0 Å². The zero-order chi connectivity index (χ0) is 6.85. The van der Waals surface area contributed by atoms with Crippen LogP contribution >= 0.6 is 10.8 Å². The van der Waals surface area contributed by atoms with Gasteiger partial charge in [-0.15, -0.1) is 6.42 Å². The molecule has 0 bridgehead atoms. The number of allylic oxidation sites excluding steroid dienone is 1.